The summed E-state index contributed by atoms with van der Waals surface area (Å²) in [5, 5.41) is 3.43. The van der Waals surface area contributed by atoms with Crippen LogP contribution in [0, 0.1) is 3.57 Å². The minimum absolute atomic E-state index is 0.918. The summed E-state index contributed by atoms with van der Waals surface area (Å²) < 4.78 is 7.25. The van der Waals surface area contributed by atoms with E-state index >= 15 is 0 Å². The zero-order valence-corrected chi connectivity index (χ0v) is 24.7. The van der Waals surface area contributed by atoms with Gasteiger partial charge in [-0.15, -0.1) is 0 Å². The van der Waals surface area contributed by atoms with Crippen molar-refractivity contribution in [2.24, 2.45) is 0 Å². The largest absolute Gasteiger partial charge is 0.456 e. The maximum absolute atomic E-state index is 6.01. The molecule has 0 bridgehead atoms. The first-order chi connectivity index (χ1) is 20.7. The van der Waals surface area contributed by atoms with Crippen LogP contribution in [-0.4, -0.2) is 4.98 Å². The van der Waals surface area contributed by atoms with Gasteiger partial charge in [-0.2, -0.15) is 0 Å². The number of rotatable bonds is 4. The van der Waals surface area contributed by atoms with Crippen molar-refractivity contribution in [1.29, 1.82) is 0 Å². The van der Waals surface area contributed by atoms with Crippen molar-refractivity contribution in [3.8, 4) is 44.5 Å². The molecule has 0 unspecified atom stereocenters. The molecule has 42 heavy (non-hydrogen) atoms. The van der Waals surface area contributed by atoms with Gasteiger partial charge in [0, 0.05) is 31.5 Å². The van der Waals surface area contributed by atoms with Gasteiger partial charge in [-0.1, -0.05) is 97.1 Å². The van der Waals surface area contributed by atoms with Gasteiger partial charge < -0.3 is 4.42 Å². The number of hydrogen-bond donors (Lipinski definition) is 0. The van der Waals surface area contributed by atoms with Crippen LogP contribution in [0.4, 0.5) is 0 Å². The Balaban J connectivity index is 1.05. The Bertz CT molecular complexity index is 2230. The molecule has 0 spiro atoms. The first-order valence-corrected chi connectivity index (χ1v) is 15.0. The van der Waals surface area contributed by atoms with E-state index in [-0.39, 0.29) is 0 Å². The molecule has 0 radical (unpaired) electrons. The van der Waals surface area contributed by atoms with E-state index in [1.165, 1.54) is 37.0 Å². The molecule has 2 aromatic heterocycles. The van der Waals surface area contributed by atoms with Crippen molar-refractivity contribution < 1.29 is 4.42 Å². The summed E-state index contributed by atoms with van der Waals surface area (Å²) in [5.74, 6) is 0. The molecule has 0 saturated carbocycles. The standard InChI is InChI=1S/C39H24INO/c40-34-18-15-26(16-19-34)25-5-7-28(8-6-25)31-13-14-32-21-33(24-41-37(32)23-31)29-11-9-27(10-12-29)30-17-20-39-36(22-30)35-3-1-2-4-38(35)42-39/h1-24H. The second-order valence-electron chi connectivity index (χ2n) is 10.6. The highest BCUT2D eigenvalue weighted by molar-refractivity contribution is 14.1. The molecule has 0 aliphatic heterocycles. The molecule has 0 aliphatic rings. The molecular weight excluding hydrogens is 625 g/mol. The Labute approximate surface area is 257 Å². The van der Waals surface area contributed by atoms with Crippen molar-refractivity contribution >= 4 is 55.4 Å². The van der Waals surface area contributed by atoms with Crippen LogP contribution in [0.3, 0.4) is 0 Å². The third kappa shape index (κ3) is 4.56. The molecule has 0 atom stereocenters. The van der Waals surface area contributed by atoms with Gasteiger partial charge in [-0.05, 0) is 104 Å². The van der Waals surface area contributed by atoms with Crippen LogP contribution in [0.25, 0.3) is 77.3 Å². The van der Waals surface area contributed by atoms with Gasteiger partial charge in [0.25, 0.3) is 0 Å². The van der Waals surface area contributed by atoms with Crippen molar-refractivity contribution in [3.05, 3.63) is 149 Å². The number of hydrogen-bond acceptors (Lipinski definition) is 2. The van der Waals surface area contributed by atoms with E-state index in [2.05, 4.69) is 150 Å². The molecule has 8 aromatic rings. The number of halogens is 1. The molecule has 3 heteroatoms. The third-order valence-electron chi connectivity index (χ3n) is 8.01. The molecule has 198 valence electrons. The quantitative estimate of drug-likeness (QED) is 0.177. The summed E-state index contributed by atoms with van der Waals surface area (Å²) >= 11 is 2.34. The zero-order valence-electron chi connectivity index (χ0n) is 22.6. The smallest absolute Gasteiger partial charge is 0.135 e. The predicted octanol–water partition coefficient (Wildman–Crippen LogP) is 11.4. The molecule has 0 aliphatic carbocycles. The summed E-state index contributed by atoms with van der Waals surface area (Å²) in [6.45, 7) is 0. The third-order valence-corrected chi connectivity index (χ3v) is 8.73. The molecule has 0 fully saturated rings. The molecule has 0 N–H and O–H groups in total. The van der Waals surface area contributed by atoms with Gasteiger partial charge in [-0.25, -0.2) is 0 Å². The van der Waals surface area contributed by atoms with E-state index in [1.54, 1.807) is 0 Å². The molecule has 2 nitrogen and oxygen atoms in total. The first-order valence-electron chi connectivity index (χ1n) is 14.0. The number of pyridine rings is 1. The molecule has 2 heterocycles. The van der Waals surface area contributed by atoms with Crippen LogP contribution in [0.5, 0.6) is 0 Å². The van der Waals surface area contributed by atoms with Crippen LogP contribution in [0.1, 0.15) is 0 Å². The monoisotopic (exact) mass is 649 g/mol. The Morgan fingerprint density at radius 2 is 0.952 bits per heavy atom. The first kappa shape index (κ1) is 25.0. The molecule has 8 rings (SSSR count). The fourth-order valence-corrected chi connectivity index (χ4v) is 6.08. The predicted molar refractivity (Wildman–Crippen MR) is 183 cm³/mol. The van der Waals surface area contributed by atoms with Crippen LogP contribution >= 0.6 is 22.6 Å². The normalized spacial score (nSPS) is 11.5. The fourth-order valence-electron chi connectivity index (χ4n) is 5.72. The van der Waals surface area contributed by atoms with E-state index in [0.717, 1.165) is 44.0 Å². The van der Waals surface area contributed by atoms with E-state index in [9.17, 15) is 0 Å². The van der Waals surface area contributed by atoms with Gasteiger partial charge >= 0.3 is 0 Å². The van der Waals surface area contributed by atoms with Gasteiger partial charge in [0.1, 0.15) is 11.2 Å². The molecule has 0 amide bonds. The van der Waals surface area contributed by atoms with Crippen molar-refractivity contribution in [2.45, 2.75) is 0 Å². The van der Waals surface area contributed by atoms with Crippen molar-refractivity contribution in [2.75, 3.05) is 0 Å². The van der Waals surface area contributed by atoms with Crippen LogP contribution in [0.2, 0.25) is 0 Å². The number of furan rings is 1. The molecule has 0 saturated heterocycles. The SMILES string of the molecule is Ic1ccc(-c2ccc(-c3ccc4cc(-c5ccc(-c6ccc7oc8ccccc8c7c6)cc5)cnc4c3)cc2)cc1. The number of fused-ring (bicyclic) bond motifs is 4. The van der Waals surface area contributed by atoms with Gasteiger partial charge in [0.15, 0.2) is 0 Å². The average molecular weight is 650 g/mol. The van der Waals surface area contributed by atoms with Gasteiger partial charge in [0.2, 0.25) is 0 Å². The maximum atomic E-state index is 6.01. The lowest BCUT2D eigenvalue weighted by Gasteiger charge is -2.09. The summed E-state index contributed by atoms with van der Waals surface area (Å²) in [4.78, 5) is 4.84. The Hall–Kier alpha value is -4.74. The zero-order chi connectivity index (χ0) is 28.0. The average Bonchev–Trinajstić information content (AvgIpc) is 3.43. The highest BCUT2D eigenvalue weighted by Gasteiger charge is 2.09. The summed E-state index contributed by atoms with van der Waals surface area (Å²) in [6.07, 6.45) is 1.98. The lowest BCUT2D eigenvalue weighted by Crippen LogP contribution is -1.86. The molecule has 6 aromatic carbocycles. The minimum Gasteiger partial charge on any atom is -0.456 e. The van der Waals surface area contributed by atoms with Crippen molar-refractivity contribution in [3.63, 3.8) is 0 Å². The lowest BCUT2D eigenvalue weighted by molar-refractivity contribution is 0.669. The Morgan fingerprint density at radius 1 is 0.429 bits per heavy atom. The number of nitrogens with zero attached hydrogens (tertiary/aromatic N) is 1. The summed E-state index contributed by atoms with van der Waals surface area (Å²) in [7, 11) is 0. The second kappa shape index (κ2) is 10.3. The lowest BCUT2D eigenvalue weighted by atomic mass is 9.98. The maximum Gasteiger partial charge on any atom is 0.135 e. The number of aromatic nitrogens is 1. The van der Waals surface area contributed by atoms with Crippen LogP contribution < -0.4 is 0 Å². The molecular formula is C39H24INO. The van der Waals surface area contributed by atoms with Crippen LogP contribution in [0.15, 0.2) is 150 Å². The van der Waals surface area contributed by atoms with Gasteiger partial charge in [-0.3, -0.25) is 4.98 Å². The van der Waals surface area contributed by atoms with E-state index in [1.807, 2.05) is 18.3 Å². The van der Waals surface area contributed by atoms with E-state index < -0.39 is 0 Å². The topological polar surface area (TPSA) is 26.0 Å². The highest BCUT2D eigenvalue weighted by atomic mass is 127. The highest BCUT2D eigenvalue weighted by Crippen LogP contribution is 2.34. The van der Waals surface area contributed by atoms with Crippen LogP contribution in [-0.2, 0) is 0 Å². The number of para-hydroxylation sites is 1. The van der Waals surface area contributed by atoms with E-state index in [4.69, 9.17) is 9.40 Å². The Morgan fingerprint density at radius 3 is 1.67 bits per heavy atom. The fraction of sp³-hybridized carbons (Fsp3) is 0. The Kier molecular flexibility index (Phi) is 6.11. The van der Waals surface area contributed by atoms with Gasteiger partial charge in [0.05, 0.1) is 5.52 Å². The van der Waals surface area contributed by atoms with Crippen molar-refractivity contribution in [1.82, 2.24) is 4.98 Å². The van der Waals surface area contributed by atoms with E-state index in [0.29, 0.717) is 0 Å². The second-order valence-corrected chi connectivity index (χ2v) is 11.8. The summed E-state index contributed by atoms with van der Waals surface area (Å²) in [6, 6.07) is 49.5. The number of benzene rings is 6. The summed E-state index contributed by atoms with van der Waals surface area (Å²) in [5.41, 5.74) is 12.3. The minimum atomic E-state index is 0.918.